The highest BCUT2D eigenvalue weighted by Gasteiger charge is 2.12. The van der Waals surface area contributed by atoms with E-state index < -0.39 is 5.91 Å². The molecule has 0 radical (unpaired) electrons. The molecule has 0 spiro atoms. The van der Waals surface area contributed by atoms with Crippen LogP contribution in [0, 0.1) is 0 Å². The lowest BCUT2D eigenvalue weighted by molar-refractivity contribution is 0.0999. The van der Waals surface area contributed by atoms with E-state index in [1.165, 1.54) is 6.20 Å². The average Bonchev–Trinajstić information content (AvgIpc) is 2.78. The van der Waals surface area contributed by atoms with Gasteiger partial charge in [-0.2, -0.15) is 5.10 Å². The number of amides is 1. The van der Waals surface area contributed by atoms with Crippen LogP contribution in [-0.4, -0.2) is 20.3 Å². The lowest BCUT2D eigenvalue weighted by atomic mass is 10.2. The summed E-state index contributed by atoms with van der Waals surface area (Å²) in [5, 5.41) is 4.02. The predicted octanol–water partition coefficient (Wildman–Crippen LogP) is 0.369. The molecule has 0 unspecified atom stereocenters. The monoisotopic (exact) mass is 204 g/mol. The van der Waals surface area contributed by atoms with Gasteiger partial charge in [-0.05, 0) is 12.1 Å². The zero-order chi connectivity index (χ0) is 10.8. The van der Waals surface area contributed by atoms with Crippen molar-refractivity contribution in [3.05, 3.63) is 42.0 Å². The Labute approximate surface area is 87.1 Å². The molecule has 0 aromatic carbocycles. The molecule has 2 heterocycles. The van der Waals surface area contributed by atoms with Gasteiger partial charge in [0.1, 0.15) is 0 Å². The zero-order valence-electron chi connectivity index (χ0n) is 8.42. The standard InChI is InChI=1S/C10H12N4O/c1-13-9(7-14-4-2-3-5-14)8(6-12-13)10(11)15/h2-6H,7H2,1H3,(H2,11,15). The molecule has 0 aliphatic rings. The number of nitrogens with two attached hydrogens (primary N) is 1. The highest BCUT2D eigenvalue weighted by Crippen LogP contribution is 2.08. The number of aryl methyl sites for hydroxylation is 1. The van der Waals surface area contributed by atoms with Crippen LogP contribution < -0.4 is 5.73 Å². The van der Waals surface area contributed by atoms with E-state index >= 15 is 0 Å². The van der Waals surface area contributed by atoms with Gasteiger partial charge in [0.25, 0.3) is 5.91 Å². The quantitative estimate of drug-likeness (QED) is 0.784. The first-order valence-corrected chi connectivity index (χ1v) is 4.60. The fourth-order valence-electron chi connectivity index (χ4n) is 1.50. The molecule has 5 nitrogen and oxygen atoms in total. The second-order valence-corrected chi connectivity index (χ2v) is 3.35. The molecule has 0 saturated carbocycles. The zero-order valence-corrected chi connectivity index (χ0v) is 8.42. The van der Waals surface area contributed by atoms with E-state index in [2.05, 4.69) is 5.10 Å². The van der Waals surface area contributed by atoms with E-state index in [0.717, 1.165) is 5.69 Å². The van der Waals surface area contributed by atoms with Crippen molar-refractivity contribution in [2.24, 2.45) is 12.8 Å². The summed E-state index contributed by atoms with van der Waals surface area (Å²) in [5.74, 6) is -0.440. The van der Waals surface area contributed by atoms with E-state index in [9.17, 15) is 4.79 Å². The van der Waals surface area contributed by atoms with Crippen molar-refractivity contribution >= 4 is 5.91 Å². The van der Waals surface area contributed by atoms with Gasteiger partial charge < -0.3 is 10.3 Å². The highest BCUT2D eigenvalue weighted by atomic mass is 16.1. The maximum Gasteiger partial charge on any atom is 0.252 e. The molecule has 1 amide bonds. The van der Waals surface area contributed by atoms with Gasteiger partial charge in [0, 0.05) is 19.4 Å². The third-order valence-corrected chi connectivity index (χ3v) is 2.33. The van der Waals surface area contributed by atoms with E-state index in [0.29, 0.717) is 12.1 Å². The summed E-state index contributed by atoms with van der Waals surface area (Å²) in [6, 6.07) is 3.86. The summed E-state index contributed by atoms with van der Waals surface area (Å²) in [6.45, 7) is 0.599. The van der Waals surface area contributed by atoms with Gasteiger partial charge in [0.2, 0.25) is 0 Å². The van der Waals surface area contributed by atoms with Crippen LogP contribution in [0.2, 0.25) is 0 Å². The number of carbonyl (C=O) groups is 1. The minimum absolute atomic E-state index is 0.440. The van der Waals surface area contributed by atoms with Crippen molar-refractivity contribution in [1.82, 2.24) is 14.3 Å². The van der Waals surface area contributed by atoms with E-state index in [1.807, 2.05) is 29.1 Å². The first-order valence-electron chi connectivity index (χ1n) is 4.60. The minimum atomic E-state index is -0.440. The third kappa shape index (κ3) is 1.76. The Bertz CT molecular complexity index is 470. The molecule has 0 aliphatic heterocycles. The second kappa shape index (κ2) is 3.61. The Hall–Kier alpha value is -2.04. The van der Waals surface area contributed by atoms with E-state index in [-0.39, 0.29) is 0 Å². The predicted molar refractivity (Wildman–Crippen MR) is 55.3 cm³/mol. The fourth-order valence-corrected chi connectivity index (χ4v) is 1.50. The van der Waals surface area contributed by atoms with Gasteiger partial charge in [-0.15, -0.1) is 0 Å². The van der Waals surface area contributed by atoms with Crippen molar-refractivity contribution in [2.75, 3.05) is 0 Å². The number of rotatable bonds is 3. The number of carbonyl (C=O) groups excluding carboxylic acids is 1. The second-order valence-electron chi connectivity index (χ2n) is 3.35. The van der Waals surface area contributed by atoms with Gasteiger partial charge >= 0.3 is 0 Å². The normalized spacial score (nSPS) is 10.5. The topological polar surface area (TPSA) is 65.8 Å². The largest absolute Gasteiger partial charge is 0.365 e. The summed E-state index contributed by atoms with van der Waals surface area (Å²) in [5.41, 5.74) is 6.55. The summed E-state index contributed by atoms with van der Waals surface area (Å²) in [4.78, 5) is 11.1. The van der Waals surface area contributed by atoms with Gasteiger partial charge in [-0.25, -0.2) is 0 Å². The first-order chi connectivity index (χ1) is 7.18. The summed E-state index contributed by atoms with van der Waals surface area (Å²) >= 11 is 0. The summed E-state index contributed by atoms with van der Waals surface area (Å²) < 4.78 is 3.63. The molecule has 0 bridgehead atoms. The Morgan fingerprint density at radius 1 is 1.47 bits per heavy atom. The van der Waals surface area contributed by atoms with Gasteiger partial charge in [0.05, 0.1) is 24.0 Å². The Balaban J connectivity index is 2.35. The lowest BCUT2D eigenvalue weighted by Crippen LogP contribution is -2.15. The number of aromatic nitrogens is 3. The van der Waals surface area contributed by atoms with Crippen molar-refractivity contribution in [3.63, 3.8) is 0 Å². The van der Waals surface area contributed by atoms with Crippen LogP contribution in [0.15, 0.2) is 30.7 Å². The molecule has 0 fully saturated rings. The molecule has 2 N–H and O–H groups in total. The smallest absolute Gasteiger partial charge is 0.252 e. The minimum Gasteiger partial charge on any atom is -0.365 e. The van der Waals surface area contributed by atoms with Crippen LogP contribution in [-0.2, 0) is 13.6 Å². The fraction of sp³-hybridized carbons (Fsp3) is 0.200. The maximum atomic E-state index is 11.1. The Kier molecular flexibility index (Phi) is 2.29. The molecular weight excluding hydrogens is 192 g/mol. The van der Waals surface area contributed by atoms with Crippen LogP contribution in [0.4, 0.5) is 0 Å². The summed E-state index contributed by atoms with van der Waals surface area (Å²) in [6.07, 6.45) is 5.36. The molecule has 15 heavy (non-hydrogen) atoms. The van der Waals surface area contributed by atoms with Crippen molar-refractivity contribution in [3.8, 4) is 0 Å². The molecule has 0 atom stereocenters. The molecule has 0 aliphatic carbocycles. The maximum absolute atomic E-state index is 11.1. The highest BCUT2D eigenvalue weighted by molar-refractivity contribution is 5.93. The van der Waals surface area contributed by atoms with E-state index in [1.54, 1.807) is 11.7 Å². The average molecular weight is 204 g/mol. The van der Waals surface area contributed by atoms with Gasteiger partial charge in [-0.3, -0.25) is 9.48 Å². The summed E-state index contributed by atoms with van der Waals surface area (Å²) in [7, 11) is 1.80. The Morgan fingerprint density at radius 3 is 2.73 bits per heavy atom. The molecule has 0 saturated heterocycles. The van der Waals surface area contributed by atoms with Crippen LogP contribution in [0.5, 0.6) is 0 Å². The number of hydrogen-bond acceptors (Lipinski definition) is 2. The van der Waals surface area contributed by atoms with Crippen LogP contribution in [0.1, 0.15) is 16.1 Å². The SMILES string of the molecule is Cn1ncc(C(N)=O)c1Cn1cccc1. The molecule has 78 valence electrons. The first kappa shape index (κ1) is 9.51. The number of hydrogen-bond donors (Lipinski definition) is 1. The third-order valence-electron chi connectivity index (χ3n) is 2.33. The van der Waals surface area contributed by atoms with Crippen molar-refractivity contribution in [2.45, 2.75) is 6.54 Å². The Morgan fingerprint density at radius 2 is 2.13 bits per heavy atom. The van der Waals surface area contributed by atoms with Crippen LogP contribution in [0.3, 0.4) is 0 Å². The lowest BCUT2D eigenvalue weighted by Gasteiger charge is -2.05. The van der Waals surface area contributed by atoms with Crippen LogP contribution in [0.25, 0.3) is 0 Å². The molecule has 2 aromatic rings. The van der Waals surface area contributed by atoms with E-state index in [4.69, 9.17) is 5.73 Å². The molecular formula is C10H12N4O. The molecule has 2 aromatic heterocycles. The molecule has 2 rings (SSSR count). The number of primary amides is 1. The van der Waals surface area contributed by atoms with Crippen molar-refractivity contribution < 1.29 is 4.79 Å². The van der Waals surface area contributed by atoms with Gasteiger partial charge in [0.15, 0.2) is 0 Å². The number of nitrogens with zero attached hydrogens (tertiary/aromatic N) is 3. The van der Waals surface area contributed by atoms with Gasteiger partial charge in [-0.1, -0.05) is 0 Å². The molecule has 5 heteroatoms. The van der Waals surface area contributed by atoms with Crippen molar-refractivity contribution in [1.29, 1.82) is 0 Å². The van der Waals surface area contributed by atoms with Crippen LogP contribution >= 0.6 is 0 Å².